The van der Waals surface area contributed by atoms with Crippen LogP contribution in [0.1, 0.15) is 26.4 Å². The summed E-state index contributed by atoms with van der Waals surface area (Å²) in [6.45, 7) is 0.553. The Labute approximate surface area is 163 Å². The van der Waals surface area contributed by atoms with E-state index in [1.807, 2.05) is 30.3 Å². The number of benzene rings is 2. The summed E-state index contributed by atoms with van der Waals surface area (Å²) >= 11 is 0. The molecule has 2 N–H and O–H groups in total. The van der Waals surface area contributed by atoms with Crippen LogP contribution in [-0.4, -0.2) is 30.5 Å². The fourth-order valence-corrected chi connectivity index (χ4v) is 2.63. The van der Waals surface area contributed by atoms with Crippen molar-refractivity contribution in [1.82, 2.24) is 10.3 Å². The molecule has 1 heterocycles. The number of nitrogens with one attached hydrogen (secondary N) is 2. The molecule has 1 aromatic heterocycles. The zero-order valence-electron chi connectivity index (χ0n) is 15.5. The van der Waals surface area contributed by atoms with Crippen LogP contribution < -0.4 is 10.6 Å². The number of aromatic nitrogens is 1. The second kappa shape index (κ2) is 9.32. The summed E-state index contributed by atoms with van der Waals surface area (Å²) in [5.41, 5.74) is 3.56. The third-order valence-corrected chi connectivity index (χ3v) is 4.13. The van der Waals surface area contributed by atoms with Gasteiger partial charge < -0.3 is 15.4 Å². The summed E-state index contributed by atoms with van der Waals surface area (Å²) in [4.78, 5) is 27.9. The molecule has 0 saturated carbocycles. The van der Waals surface area contributed by atoms with Gasteiger partial charge in [0.1, 0.15) is 5.69 Å². The van der Waals surface area contributed by atoms with Gasteiger partial charge in [0.25, 0.3) is 5.91 Å². The van der Waals surface area contributed by atoms with E-state index in [0.29, 0.717) is 17.8 Å². The summed E-state index contributed by atoms with van der Waals surface area (Å²) in [6.07, 6.45) is 2.37. The first-order valence-corrected chi connectivity index (χ1v) is 8.89. The van der Waals surface area contributed by atoms with Crippen LogP contribution in [0, 0.1) is 0 Å². The number of hydrogen-bond acceptors (Lipinski definition) is 5. The Morgan fingerprint density at radius 1 is 0.929 bits per heavy atom. The van der Waals surface area contributed by atoms with Crippen molar-refractivity contribution >= 4 is 23.3 Å². The monoisotopic (exact) mass is 375 g/mol. The SMILES string of the molecule is COC(=O)c1ccc(Nc2ccc(C(=O)NCCc3ccccc3)nc2)cc1. The van der Waals surface area contributed by atoms with E-state index >= 15 is 0 Å². The molecule has 0 aliphatic carbocycles. The van der Waals surface area contributed by atoms with Crippen LogP contribution in [0.15, 0.2) is 72.9 Å². The Hall–Kier alpha value is -3.67. The van der Waals surface area contributed by atoms with Gasteiger partial charge in [-0.25, -0.2) is 9.78 Å². The minimum Gasteiger partial charge on any atom is -0.465 e. The van der Waals surface area contributed by atoms with E-state index in [0.717, 1.165) is 17.8 Å². The van der Waals surface area contributed by atoms with Gasteiger partial charge in [0.15, 0.2) is 0 Å². The van der Waals surface area contributed by atoms with E-state index in [1.54, 1.807) is 42.6 Å². The highest BCUT2D eigenvalue weighted by Crippen LogP contribution is 2.17. The van der Waals surface area contributed by atoms with Gasteiger partial charge in [-0.3, -0.25) is 4.79 Å². The van der Waals surface area contributed by atoms with E-state index in [2.05, 4.69) is 20.4 Å². The molecular formula is C22H21N3O3. The molecular weight excluding hydrogens is 354 g/mol. The van der Waals surface area contributed by atoms with Crippen molar-refractivity contribution in [3.63, 3.8) is 0 Å². The Morgan fingerprint density at radius 2 is 1.64 bits per heavy atom. The number of hydrogen-bond donors (Lipinski definition) is 2. The number of nitrogens with zero attached hydrogens (tertiary/aromatic N) is 1. The summed E-state index contributed by atoms with van der Waals surface area (Å²) < 4.78 is 4.68. The van der Waals surface area contributed by atoms with E-state index in [9.17, 15) is 9.59 Å². The molecule has 6 heteroatoms. The number of amides is 1. The molecule has 0 saturated heterocycles. The average Bonchev–Trinajstić information content (AvgIpc) is 2.75. The second-order valence-corrected chi connectivity index (χ2v) is 6.12. The zero-order valence-corrected chi connectivity index (χ0v) is 15.5. The minimum absolute atomic E-state index is 0.204. The number of anilines is 2. The third-order valence-electron chi connectivity index (χ3n) is 4.13. The molecule has 0 atom stereocenters. The largest absolute Gasteiger partial charge is 0.465 e. The van der Waals surface area contributed by atoms with E-state index in [1.165, 1.54) is 12.7 Å². The quantitative estimate of drug-likeness (QED) is 0.617. The lowest BCUT2D eigenvalue weighted by Gasteiger charge is -2.08. The average molecular weight is 375 g/mol. The number of methoxy groups -OCH3 is 1. The number of esters is 1. The standard InChI is InChI=1S/C22H21N3O3/c1-28-22(27)17-7-9-18(10-8-17)25-19-11-12-20(24-15-19)21(26)23-14-13-16-5-3-2-4-6-16/h2-12,15,25H,13-14H2,1H3,(H,23,26). The van der Waals surface area contributed by atoms with Gasteiger partial charge in [-0.1, -0.05) is 30.3 Å². The van der Waals surface area contributed by atoms with Gasteiger partial charge in [-0.2, -0.15) is 0 Å². The zero-order chi connectivity index (χ0) is 19.8. The van der Waals surface area contributed by atoms with Crippen molar-refractivity contribution in [2.75, 3.05) is 19.0 Å². The van der Waals surface area contributed by atoms with Crippen molar-refractivity contribution in [3.8, 4) is 0 Å². The smallest absolute Gasteiger partial charge is 0.337 e. The number of rotatable bonds is 7. The number of carbonyl (C=O) groups is 2. The predicted octanol–water partition coefficient (Wildman–Crippen LogP) is 3.58. The van der Waals surface area contributed by atoms with Gasteiger partial charge in [-0.15, -0.1) is 0 Å². The summed E-state index contributed by atoms with van der Waals surface area (Å²) in [7, 11) is 1.35. The second-order valence-electron chi connectivity index (χ2n) is 6.12. The molecule has 0 aliphatic rings. The summed E-state index contributed by atoms with van der Waals surface area (Å²) in [5.74, 6) is -0.583. The van der Waals surface area contributed by atoms with Crippen molar-refractivity contribution in [2.45, 2.75) is 6.42 Å². The summed E-state index contributed by atoms with van der Waals surface area (Å²) in [6, 6.07) is 20.3. The molecule has 0 bridgehead atoms. The first-order valence-electron chi connectivity index (χ1n) is 8.89. The Kier molecular flexibility index (Phi) is 6.36. The van der Waals surface area contributed by atoms with Crippen molar-refractivity contribution in [1.29, 1.82) is 0 Å². The topological polar surface area (TPSA) is 80.3 Å². The number of ether oxygens (including phenoxy) is 1. The molecule has 0 radical (unpaired) electrons. The van der Waals surface area contributed by atoms with Crippen molar-refractivity contribution < 1.29 is 14.3 Å². The van der Waals surface area contributed by atoms with Gasteiger partial charge in [0, 0.05) is 12.2 Å². The normalized spacial score (nSPS) is 10.2. The van der Waals surface area contributed by atoms with Gasteiger partial charge in [0.2, 0.25) is 0 Å². The molecule has 0 aliphatic heterocycles. The van der Waals surface area contributed by atoms with Gasteiger partial charge in [-0.05, 0) is 48.4 Å². The van der Waals surface area contributed by atoms with Crippen LogP contribution >= 0.6 is 0 Å². The Balaban J connectivity index is 1.52. The van der Waals surface area contributed by atoms with Crippen LogP contribution in [0.3, 0.4) is 0 Å². The predicted molar refractivity (Wildman–Crippen MR) is 108 cm³/mol. The van der Waals surface area contributed by atoms with E-state index in [4.69, 9.17) is 0 Å². The molecule has 2 aromatic carbocycles. The van der Waals surface area contributed by atoms with Gasteiger partial charge in [0.05, 0.1) is 24.6 Å². The fourth-order valence-electron chi connectivity index (χ4n) is 2.63. The lowest BCUT2D eigenvalue weighted by atomic mass is 10.1. The maximum atomic E-state index is 12.2. The lowest BCUT2D eigenvalue weighted by Crippen LogP contribution is -2.26. The molecule has 1 amide bonds. The van der Waals surface area contributed by atoms with E-state index in [-0.39, 0.29) is 11.9 Å². The molecule has 3 aromatic rings. The van der Waals surface area contributed by atoms with E-state index < -0.39 is 0 Å². The summed E-state index contributed by atoms with van der Waals surface area (Å²) in [5, 5.41) is 6.05. The Bertz CT molecular complexity index is 924. The number of carbonyl (C=O) groups excluding carboxylic acids is 2. The molecule has 6 nitrogen and oxygen atoms in total. The van der Waals surface area contributed by atoms with Crippen LogP contribution in [0.2, 0.25) is 0 Å². The van der Waals surface area contributed by atoms with Crippen LogP contribution in [0.25, 0.3) is 0 Å². The van der Waals surface area contributed by atoms with Crippen LogP contribution in [-0.2, 0) is 11.2 Å². The molecule has 0 spiro atoms. The third kappa shape index (κ3) is 5.17. The minimum atomic E-state index is -0.379. The highest BCUT2D eigenvalue weighted by Gasteiger charge is 2.07. The van der Waals surface area contributed by atoms with Crippen molar-refractivity contribution in [2.24, 2.45) is 0 Å². The van der Waals surface area contributed by atoms with Crippen LogP contribution in [0.5, 0.6) is 0 Å². The molecule has 3 rings (SSSR count). The lowest BCUT2D eigenvalue weighted by molar-refractivity contribution is 0.0600. The van der Waals surface area contributed by atoms with Gasteiger partial charge >= 0.3 is 5.97 Å². The fraction of sp³-hybridized carbons (Fsp3) is 0.136. The maximum Gasteiger partial charge on any atom is 0.337 e. The maximum absolute atomic E-state index is 12.2. The van der Waals surface area contributed by atoms with Crippen molar-refractivity contribution in [3.05, 3.63) is 89.7 Å². The molecule has 0 fully saturated rings. The molecule has 142 valence electrons. The first kappa shape index (κ1) is 19.1. The molecule has 28 heavy (non-hydrogen) atoms. The number of pyridine rings is 1. The first-order chi connectivity index (χ1) is 13.7. The highest BCUT2D eigenvalue weighted by atomic mass is 16.5. The van der Waals surface area contributed by atoms with Crippen LogP contribution in [0.4, 0.5) is 11.4 Å². The molecule has 0 unspecified atom stereocenters. The Morgan fingerprint density at radius 3 is 2.29 bits per heavy atom. The highest BCUT2D eigenvalue weighted by molar-refractivity contribution is 5.92.